The number of nitrogens with zero attached hydrogens (tertiary/aromatic N) is 2. The van der Waals surface area contributed by atoms with Crippen molar-refractivity contribution < 1.29 is 0 Å². The van der Waals surface area contributed by atoms with E-state index in [1.165, 1.54) is 14.2 Å². The van der Waals surface area contributed by atoms with Crippen molar-refractivity contribution in [3.05, 3.63) is 38.3 Å². The normalized spacial score (nSPS) is 12.9. The molecule has 1 unspecified atom stereocenters. The van der Waals surface area contributed by atoms with Crippen LogP contribution in [-0.4, -0.2) is 16.8 Å². The van der Waals surface area contributed by atoms with E-state index in [0.717, 1.165) is 12.1 Å². The summed E-state index contributed by atoms with van der Waals surface area (Å²) in [6, 6.07) is 4.64. The van der Waals surface area contributed by atoms with Crippen molar-refractivity contribution in [2.24, 2.45) is 7.05 Å². The van der Waals surface area contributed by atoms with Gasteiger partial charge in [0.15, 0.2) is 0 Å². The monoisotopic (exact) mass is 313 g/mol. The average Bonchev–Trinajstić information content (AvgIpc) is 2.83. The lowest BCUT2D eigenvalue weighted by molar-refractivity contribution is 0.586. The smallest absolute Gasteiger partial charge is 0.0731 e. The van der Waals surface area contributed by atoms with Crippen LogP contribution in [0.2, 0.25) is 0 Å². The molecule has 0 spiro atoms. The molecule has 0 bridgehead atoms. The fourth-order valence-electron chi connectivity index (χ4n) is 1.78. The van der Waals surface area contributed by atoms with E-state index in [9.17, 15) is 0 Å². The molecule has 1 atom stereocenters. The van der Waals surface area contributed by atoms with E-state index in [4.69, 9.17) is 0 Å². The van der Waals surface area contributed by atoms with E-state index in [-0.39, 0.29) is 0 Å². The topological polar surface area (TPSA) is 29.9 Å². The molecule has 17 heavy (non-hydrogen) atoms. The Kier molecular flexibility index (Phi) is 4.01. The molecule has 2 aromatic rings. The van der Waals surface area contributed by atoms with Crippen LogP contribution in [0.4, 0.5) is 0 Å². The molecule has 0 amide bonds. The largest absolute Gasteiger partial charge is 0.312 e. The Labute approximate surface area is 114 Å². The highest BCUT2D eigenvalue weighted by molar-refractivity contribution is 9.11. The first-order valence-electron chi connectivity index (χ1n) is 5.51. The van der Waals surface area contributed by atoms with Crippen molar-refractivity contribution in [1.82, 2.24) is 15.1 Å². The van der Waals surface area contributed by atoms with Crippen molar-refractivity contribution in [3.8, 4) is 0 Å². The van der Waals surface area contributed by atoms with Gasteiger partial charge >= 0.3 is 0 Å². The van der Waals surface area contributed by atoms with Crippen molar-refractivity contribution in [3.63, 3.8) is 0 Å². The quantitative estimate of drug-likeness (QED) is 0.940. The number of nitrogens with one attached hydrogen (secondary N) is 1. The third kappa shape index (κ3) is 2.97. The molecule has 0 saturated carbocycles. The number of thiophene rings is 1. The zero-order valence-corrected chi connectivity index (χ0v) is 12.6. The second kappa shape index (κ2) is 5.33. The standard InChI is InChI=1S/C12H16BrN3S/c1-8-6-11(17-12(8)13)10(14-2)7-9-4-5-16(3)15-9/h4-6,10,14H,7H2,1-3H3. The summed E-state index contributed by atoms with van der Waals surface area (Å²) in [5.74, 6) is 0. The van der Waals surface area contributed by atoms with Gasteiger partial charge in [-0.05, 0) is 47.6 Å². The van der Waals surface area contributed by atoms with Gasteiger partial charge in [0.2, 0.25) is 0 Å². The van der Waals surface area contributed by atoms with E-state index in [2.05, 4.69) is 45.4 Å². The molecule has 2 rings (SSSR count). The first-order chi connectivity index (χ1) is 8.10. The molecule has 1 N–H and O–H groups in total. The van der Waals surface area contributed by atoms with Crippen LogP contribution in [-0.2, 0) is 13.5 Å². The highest BCUT2D eigenvalue weighted by Gasteiger charge is 2.15. The molecular weight excluding hydrogens is 298 g/mol. The van der Waals surface area contributed by atoms with Gasteiger partial charge in [-0.3, -0.25) is 4.68 Å². The van der Waals surface area contributed by atoms with E-state index >= 15 is 0 Å². The molecule has 0 fully saturated rings. The van der Waals surface area contributed by atoms with Crippen molar-refractivity contribution >= 4 is 27.3 Å². The summed E-state index contributed by atoms with van der Waals surface area (Å²) in [5, 5.41) is 7.78. The number of likely N-dealkylation sites (N-methyl/N-ethyl adjacent to an activating group) is 1. The molecular formula is C12H16BrN3S. The Morgan fingerprint density at radius 1 is 1.59 bits per heavy atom. The van der Waals surface area contributed by atoms with Crippen LogP contribution in [0.1, 0.15) is 22.2 Å². The van der Waals surface area contributed by atoms with E-state index in [1.807, 2.05) is 25.0 Å². The van der Waals surface area contributed by atoms with Crippen molar-refractivity contribution in [2.45, 2.75) is 19.4 Å². The third-order valence-electron chi connectivity index (χ3n) is 2.75. The minimum absolute atomic E-state index is 0.333. The number of hydrogen-bond acceptors (Lipinski definition) is 3. The SMILES string of the molecule is CNC(Cc1ccn(C)n1)c1cc(C)c(Br)s1. The lowest BCUT2D eigenvalue weighted by Crippen LogP contribution is -2.18. The zero-order valence-electron chi connectivity index (χ0n) is 10.2. The molecule has 0 radical (unpaired) electrons. The summed E-state index contributed by atoms with van der Waals surface area (Å²) in [5.41, 5.74) is 2.42. The number of aryl methyl sites for hydroxylation is 2. The van der Waals surface area contributed by atoms with Gasteiger partial charge in [-0.15, -0.1) is 11.3 Å². The van der Waals surface area contributed by atoms with E-state index < -0.39 is 0 Å². The molecule has 0 aliphatic rings. The summed E-state index contributed by atoms with van der Waals surface area (Å²) in [4.78, 5) is 1.35. The fraction of sp³-hybridized carbons (Fsp3) is 0.417. The maximum absolute atomic E-state index is 4.42. The number of halogens is 1. The van der Waals surface area contributed by atoms with E-state index in [1.54, 1.807) is 11.3 Å². The van der Waals surface area contributed by atoms with Crippen molar-refractivity contribution in [1.29, 1.82) is 0 Å². The molecule has 2 heterocycles. The molecule has 5 heteroatoms. The van der Waals surface area contributed by atoms with Crippen LogP contribution in [0.25, 0.3) is 0 Å². The fourth-order valence-corrected chi connectivity index (χ4v) is 3.46. The lowest BCUT2D eigenvalue weighted by atomic mass is 10.1. The van der Waals surface area contributed by atoms with Gasteiger partial charge in [-0.1, -0.05) is 0 Å². The highest BCUT2D eigenvalue weighted by Crippen LogP contribution is 2.32. The average molecular weight is 314 g/mol. The molecule has 0 aliphatic carbocycles. The van der Waals surface area contributed by atoms with E-state index in [0.29, 0.717) is 6.04 Å². The first-order valence-corrected chi connectivity index (χ1v) is 7.12. The van der Waals surface area contributed by atoms with Gasteiger partial charge < -0.3 is 5.32 Å². The second-order valence-electron chi connectivity index (χ2n) is 4.13. The van der Waals surface area contributed by atoms with Crippen LogP contribution >= 0.6 is 27.3 Å². The molecule has 0 aliphatic heterocycles. The minimum atomic E-state index is 0.333. The van der Waals surface area contributed by atoms with Crippen LogP contribution in [0.3, 0.4) is 0 Å². The number of rotatable bonds is 4. The number of hydrogen-bond donors (Lipinski definition) is 1. The molecule has 92 valence electrons. The van der Waals surface area contributed by atoms with Gasteiger partial charge in [0, 0.05) is 30.6 Å². The van der Waals surface area contributed by atoms with Crippen LogP contribution in [0, 0.1) is 6.92 Å². The summed E-state index contributed by atoms with van der Waals surface area (Å²) < 4.78 is 3.06. The maximum Gasteiger partial charge on any atom is 0.0731 e. The Balaban J connectivity index is 2.16. The van der Waals surface area contributed by atoms with Gasteiger partial charge in [0.1, 0.15) is 0 Å². The van der Waals surface area contributed by atoms with Crippen LogP contribution in [0.15, 0.2) is 22.1 Å². The highest BCUT2D eigenvalue weighted by atomic mass is 79.9. The zero-order chi connectivity index (χ0) is 12.4. The lowest BCUT2D eigenvalue weighted by Gasteiger charge is -2.12. The molecule has 2 aromatic heterocycles. The van der Waals surface area contributed by atoms with Gasteiger partial charge in [-0.2, -0.15) is 5.10 Å². The minimum Gasteiger partial charge on any atom is -0.312 e. The summed E-state index contributed by atoms with van der Waals surface area (Å²) >= 11 is 5.37. The Hall–Kier alpha value is -0.650. The Morgan fingerprint density at radius 3 is 2.82 bits per heavy atom. The van der Waals surface area contributed by atoms with Crippen molar-refractivity contribution in [2.75, 3.05) is 7.05 Å². The van der Waals surface area contributed by atoms with Crippen LogP contribution < -0.4 is 5.32 Å². The summed E-state index contributed by atoms with van der Waals surface area (Å²) in [6.45, 7) is 2.12. The van der Waals surface area contributed by atoms with Gasteiger partial charge in [0.05, 0.1) is 9.48 Å². The van der Waals surface area contributed by atoms with Gasteiger partial charge in [-0.25, -0.2) is 0 Å². The molecule has 0 saturated heterocycles. The first kappa shape index (κ1) is 12.8. The number of aromatic nitrogens is 2. The third-order valence-corrected chi connectivity index (χ3v) is 5.00. The van der Waals surface area contributed by atoms with Gasteiger partial charge in [0.25, 0.3) is 0 Å². The summed E-state index contributed by atoms with van der Waals surface area (Å²) in [6.07, 6.45) is 2.90. The maximum atomic E-state index is 4.42. The second-order valence-corrected chi connectivity index (χ2v) is 6.53. The Bertz CT molecular complexity index is 484. The van der Waals surface area contributed by atoms with Crippen LogP contribution in [0.5, 0.6) is 0 Å². The molecule has 3 nitrogen and oxygen atoms in total. The Morgan fingerprint density at radius 2 is 2.35 bits per heavy atom. The molecule has 0 aromatic carbocycles. The predicted octanol–water partition coefficient (Wildman–Crippen LogP) is 3.06. The predicted molar refractivity (Wildman–Crippen MR) is 75.5 cm³/mol. The summed E-state index contributed by atoms with van der Waals surface area (Å²) in [7, 11) is 3.94.